The predicted molar refractivity (Wildman–Crippen MR) is 137 cm³/mol. The van der Waals surface area contributed by atoms with Crippen LogP contribution < -0.4 is 5.32 Å². The smallest absolute Gasteiger partial charge is 0.271 e. The number of imidazole rings is 1. The van der Waals surface area contributed by atoms with Crippen LogP contribution in [-0.2, 0) is 11.3 Å². The molecule has 1 aliphatic rings. The third kappa shape index (κ3) is 5.33. The Bertz CT molecular complexity index is 1340. The molecule has 9 heteroatoms. The predicted octanol–water partition coefficient (Wildman–Crippen LogP) is 2.69. The van der Waals surface area contributed by atoms with E-state index in [0.29, 0.717) is 37.1 Å². The lowest BCUT2D eigenvalue weighted by Crippen LogP contribution is -2.40. The summed E-state index contributed by atoms with van der Waals surface area (Å²) in [4.78, 5) is 19.4. The van der Waals surface area contributed by atoms with E-state index < -0.39 is 6.10 Å². The average molecular weight is 489 g/mol. The minimum Gasteiger partial charge on any atom is -0.390 e. The molecule has 1 fully saturated rings. The lowest BCUT2D eigenvalue weighted by molar-refractivity contribution is -0.0286. The number of carbonyl (C=O) groups excluding carboxylic acids is 1. The van der Waals surface area contributed by atoms with Crippen molar-refractivity contribution in [2.24, 2.45) is 0 Å². The highest BCUT2D eigenvalue weighted by atomic mass is 16.5. The zero-order valence-electron chi connectivity index (χ0n) is 20.7. The second-order valence-corrected chi connectivity index (χ2v) is 9.33. The van der Waals surface area contributed by atoms with Gasteiger partial charge < -0.3 is 19.6 Å². The molecule has 4 heterocycles. The number of nitrogens with zero attached hydrogens (tertiary/aromatic N) is 5. The van der Waals surface area contributed by atoms with E-state index >= 15 is 0 Å². The zero-order chi connectivity index (χ0) is 25.1. The first-order valence-electron chi connectivity index (χ1n) is 12.3. The first kappa shape index (κ1) is 24.2. The summed E-state index contributed by atoms with van der Waals surface area (Å²) < 4.78 is 9.02. The quantitative estimate of drug-likeness (QED) is 0.356. The Balaban J connectivity index is 1.18. The second kappa shape index (κ2) is 10.6. The number of aliphatic hydroxyl groups excluding tert-OH is 1. The molecule has 1 saturated heterocycles. The third-order valence-electron chi connectivity index (χ3n) is 6.68. The van der Waals surface area contributed by atoms with Gasteiger partial charge in [-0.2, -0.15) is 5.10 Å². The molecule has 0 bridgehead atoms. The van der Waals surface area contributed by atoms with Gasteiger partial charge in [0.1, 0.15) is 11.3 Å². The maximum Gasteiger partial charge on any atom is 0.271 e. The molecular weight excluding hydrogens is 456 g/mol. The fraction of sp³-hybridized carbons (Fsp3) is 0.370. The number of aliphatic hydroxyl groups is 1. The molecule has 4 aromatic rings. The highest BCUT2D eigenvalue weighted by molar-refractivity contribution is 5.92. The molecule has 0 unspecified atom stereocenters. The third-order valence-corrected chi connectivity index (χ3v) is 6.68. The van der Waals surface area contributed by atoms with Gasteiger partial charge in [-0.05, 0) is 36.7 Å². The Hall–Kier alpha value is -3.53. The van der Waals surface area contributed by atoms with Gasteiger partial charge in [0, 0.05) is 49.4 Å². The van der Waals surface area contributed by atoms with Crippen molar-refractivity contribution >= 4 is 11.6 Å². The Kier molecular flexibility index (Phi) is 7.13. The number of carbonyl (C=O) groups is 1. The summed E-state index contributed by atoms with van der Waals surface area (Å²) in [6.07, 6.45) is 6.82. The summed E-state index contributed by atoms with van der Waals surface area (Å²) >= 11 is 0. The molecule has 0 saturated carbocycles. The summed E-state index contributed by atoms with van der Waals surface area (Å²) in [6.45, 7) is 7.75. The van der Waals surface area contributed by atoms with Gasteiger partial charge in [0.25, 0.3) is 5.91 Å². The average Bonchev–Trinajstić information content (AvgIpc) is 3.49. The molecule has 3 aromatic heterocycles. The fourth-order valence-electron chi connectivity index (χ4n) is 4.33. The van der Waals surface area contributed by atoms with Crippen LogP contribution in [0.2, 0.25) is 0 Å². The molecule has 5 rings (SSSR count). The normalized spacial score (nSPS) is 14.8. The van der Waals surface area contributed by atoms with Crippen molar-refractivity contribution in [2.45, 2.75) is 32.5 Å². The first-order chi connectivity index (χ1) is 17.5. The lowest BCUT2D eigenvalue weighted by atomic mass is 10.1. The number of pyridine rings is 1. The van der Waals surface area contributed by atoms with Gasteiger partial charge in [0.2, 0.25) is 0 Å². The minimum atomic E-state index is -0.681. The summed E-state index contributed by atoms with van der Waals surface area (Å²) in [5, 5.41) is 17.8. The Morgan fingerprint density at radius 1 is 1.19 bits per heavy atom. The van der Waals surface area contributed by atoms with Crippen LogP contribution in [-0.4, -0.2) is 74.0 Å². The molecular formula is C27H32N6O3. The topological polar surface area (TPSA) is 96.9 Å². The molecule has 1 aliphatic heterocycles. The van der Waals surface area contributed by atoms with Gasteiger partial charge in [-0.15, -0.1) is 0 Å². The second-order valence-electron chi connectivity index (χ2n) is 9.33. The number of hydrogen-bond donors (Lipinski definition) is 2. The van der Waals surface area contributed by atoms with Crippen LogP contribution in [0.1, 0.15) is 34.6 Å². The maximum absolute atomic E-state index is 12.7. The number of nitrogens with one attached hydrogen (secondary N) is 1. The number of fused-ring (bicyclic) bond motifs is 1. The van der Waals surface area contributed by atoms with E-state index in [1.807, 2.05) is 51.9 Å². The van der Waals surface area contributed by atoms with Crippen LogP contribution in [0.25, 0.3) is 16.8 Å². The van der Waals surface area contributed by atoms with Crippen molar-refractivity contribution in [2.75, 3.05) is 32.8 Å². The lowest BCUT2D eigenvalue weighted by Gasteiger charge is -2.25. The summed E-state index contributed by atoms with van der Waals surface area (Å²) in [7, 11) is 0. The molecule has 0 spiro atoms. The van der Waals surface area contributed by atoms with E-state index in [9.17, 15) is 9.90 Å². The summed E-state index contributed by atoms with van der Waals surface area (Å²) in [5.41, 5.74) is 5.45. The molecule has 1 aromatic carbocycles. The van der Waals surface area contributed by atoms with E-state index in [2.05, 4.69) is 46.3 Å². The maximum atomic E-state index is 12.7. The highest BCUT2D eigenvalue weighted by Gasteiger charge is 2.21. The molecule has 9 nitrogen and oxygen atoms in total. The molecule has 0 radical (unpaired) electrons. The highest BCUT2D eigenvalue weighted by Crippen LogP contribution is 2.23. The van der Waals surface area contributed by atoms with E-state index in [-0.39, 0.29) is 12.5 Å². The van der Waals surface area contributed by atoms with Crippen molar-refractivity contribution in [1.29, 1.82) is 0 Å². The minimum absolute atomic E-state index is 0.159. The van der Waals surface area contributed by atoms with Crippen LogP contribution in [0.3, 0.4) is 0 Å². The van der Waals surface area contributed by atoms with Gasteiger partial charge in [-0.3, -0.25) is 14.4 Å². The van der Waals surface area contributed by atoms with Crippen LogP contribution >= 0.6 is 0 Å². The Morgan fingerprint density at radius 3 is 2.78 bits per heavy atom. The van der Waals surface area contributed by atoms with E-state index in [4.69, 9.17) is 4.74 Å². The van der Waals surface area contributed by atoms with Crippen LogP contribution in [0, 0.1) is 6.92 Å². The zero-order valence-corrected chi connectivity index (χ0v) is 20.7. The number of likely N-dealkylation sites (N-methyl/N-ethyl adjacent to an activating group) is 1. The van der Waals surface area contributed by atoms with Gasteiger partial charge in [0.05, 0.1) is 31.6 Å². The molecule has 0 aliphatic carbocycles. The molecule has 36 heavy (non-hydrogen) atoms. The largest absolute Gasteiger partial charge is 0.390 e. The van der Waals surface area contributed by atoms with Gasteiger partial charge in [0.15, 0.2) is 0 Å². The standard InChI is InChI=1S/C27H32N6O3/c1-3-31(12-20-7-5-4-6-19(20)2)15-24(34)11-28-27(35)25-16-32-13-21(8-9-26(32)30-25)22-10-29-33(14-22)23-17-36-18-23/h4-10,13-14,16,23-24,34H,3,11-12,15,17-18H2,1-2H3,(H,28,35)/t24-/m0/s1. The number of aryl methyl sites for hydroxylation is 1. The van der Waals surface area contributed by atoms with Gasteiger partial charge in [-0.25, -0.2) is 4.98 Å². The van der Waals surface area contributed by atoms with Crippen LogP contribution in [0.15, 0.2) is 61.2 Å². The van der Waals surface area contributed by atoms with Gasteiger partial charge >= 0.3 is 0 Å². The van der Waals surface area contributed by atoms with E-state index in [1.165, 1.54) is 11.1 Å². The van der Waals surface area contributed by atoms with Crippen LogP contribution in [0.5, 0.6) is 0 Å². The molecule has 1 atom stereocenters. The van der Waals surface area contributed by atoms with Crippen molar-refractivity contribution in [3.63, 3.8) is 0 Å². The first-order valence-corrected chi connectivity index (χ1v) is 12.3. The summed E-state index contributed by atoms with van der Waals surface area (Å²) in [5.74, 6) is -0.306. The SMILES string of the molecule is CCN(Cc1ccccc1C)C[C@@H](O)CNC(=O)c1cn2cc(-c3cnn(C4COC4)c3)ccc2n1. The van der Waals surface area contributed by atoms with Crippen molar-refractivity contribution in [3.05, 3.63) is 78.0 Å². The van der Waals surface area contributed by atoms with Crippen LogP contribution in [0.4, 0.5) is 0 Å². The van der Waals surface area contributed by atoms with E-state index in [0.717, 1.165) is 24.2 Å². The summed E-state index contributed by atoms with van der Waals surface area (Å²) in [6, 6.07) is 12.4. The number of hydrogen-bond acceptors (Lipinski definition) is 6. The number of rotatable bonds is 10. The fourth-order valence-corrected chi connectivity index (χ4v) is 4.33. The molecule has 1 amide bonds. The van der Waals surface area contributed by atoms with E-state index in [1.54, 1.807) is 6.20 Å². The Morgan fingerprint density at radius 2 is 2.03 bits per heavy atom. The number of benzene rings is 1. The van der Waals surface area contributed by atoms with Crippen molar-refractivity contribution in [1.82, 2.24) is 29.4 Å². The van der Waals surface area contributed by atoms with Crippen molar-refractivity contribution in [3.8, 4) is 11.1 Å². The monoisotopic (exact) mass is 488 g/mol. The number of amides is 1. The van der Waals surface area contributed by atoms with Gasteiger partial charge in [-0.1, -0.05) is 31.2 Å². The molecule has 188 valence electrons. The van der Waals surface area contributed by atoms with Crippen molar-refractivity contribution < 1.29 is 14.6 Å². The Labute approximate surface area is 210 Å². The number of aromatic nitrogens is 4. The molecule has 2 N–H and O–H groups in total. The number of ether oxygens (including phenoxy) is 1.